The van der Waals surface area contributed by atoms with Crippen LogP contribution in [0.5, 0.6) is 0 Å². The Morgan fingerprint density at radius 1 is 0.951 bits per heavy atom. The molecule has 0 N–H and O–H groups in total. The van der Waals surface area contributed by atoms with Crippen molar-refractivity contribution in [3.05, 3.63) is 66.2 Å². The lowest BCUT2D eigenvalue weighted by Gasteiger charge is -2.35. The summed E-state index contributed by atoms with van der Waals surface area (Å²) in [5.74, 6) is -0.649. The number of carbonyl (C=O) groups excluding carboxylic acids is 2. The normalized spacial score (nSPS) is 14.4. The quantitative estimate of drug-likeness (QED) is 0.357. The van der Waals surface area contributed by atoms with Crippen molar-refractivity contribution in [3.8, 4) is 17.1 Å². The molecule has 2 aromatic carbocycles. The second kappa shape index (κ2) is 10.5. The summed E-state index contributed by atoms with van der Waals surface area (Å²) in [6.45, 7) is 6.65. The Balaban J connectivity index is 1.44. The Bertz CT molecular complexity index is 1740. The molecule has 1 saturated heterocycles. The molecule has 2 aromatic heterocycles. The maximum absolute atomic E-state index is 14.2. The number of amides is 2. The van der Waals surface area contributed by atoms with E-state index in [0.29, 0.717) is 53.8 Å². The van der Waals surface area contributed by atoms with Gasteiger partial charge < -0.3 is 14.5 Å². The van der Waals surface area contributed by atoms with Gasteiger partial charge in [0.05, 0.1) is 5.52 Å². The first-order valence-corrected chi connectivity index (χ1v) is 14.8. The van der Waals surface area contributed by atoms with E-state index in [9.17, 15) is 22.4 Å². The third-order valence-electron chi connectivity index (χ3n) is 6.48. The van der Waals surface area contributed by atoms with Crippen LogP contribution in [0.1, 0.15) is 31.1 Å². The number of ether oxygens (including phenoxy) is 1. The topological polar surface area (TPSA) is 128 Å². The highest BCUT2D eigenvalue weighted by molar-refractivity contribution is 7.90. The van der Waals surface area contributed by atoms with Crippen molar-refractivity contribution in [2.75, 3.05) is 32.4 Å². The first-order valence-electron chi connectivity index (χ1n) is 12.9. The van der Waals surface area contributed by atoms with Crippen molar-refractivity contribution >= 4 is 32.7 Å². The fourth-order valence-corrected chi connectivity index (χ4v) is 5.31. The van der Waals surface area contributed by atoms with Gasteiger partial charge in [-0.15, -0.1) is 0 Å². The molecule has 3 heterocycles. The smallest absolute Gasteiger partial charge is 0.410 e. The molecule has 1 fully saturated rings. The third-order valence-corrected chi connectivity index (χ3v) is 7.48. The highest BCUT2D eigenvalue weighted by Crippen LogP contribution is 2.27. The van der Waals surface area contributed by atoms with Crippen LogP contribution in [0.25, 0.3) is 28.0 Å². The number of benzene rings is 2. The van der Waals surface area contributed by atoms with E-state index in [1.54, 1.807) is 60.9 Å². The maximum Gasteiger partial charge on any atom is 0.410 e. The molecule has 0 bridgehead atoms. The molecule has 4 aromatic rings. The first-order chi connectivity index (χ1) is 19.3. The van der Waals surface area contributed by atoms with Gasteiger partial charge in [-0.3, -0.25) is 4.79 Å². The molecule has 41 heavy (non-hydrogen) atoms. The predicted octanol–water partition coefficient (Wildman–Crippen LogP) is 3.72. The summed E-state index contributed by atoms with van der Waals surface area (Å²) in [7, 11) is -3.74. The lowest BCUT2D eigenvalue weighted by molar-refractivity contribution is 0.0141. The van der Waals surface area contributed by atoms with E-state index in [0.717, 1.165) is 6.26 Å². The fourth-order valence-electron chi connectivity index (χ4n) is 4.51. The molecule has 13 heteroatoms. The minimum Gasteiger partial charge on any atom is -0.444 e. The summed E-state index contributed by atoms with van der Waals surface area (Å²) in [5, 5.41) is 4.39. The van der Waals surface area contributed by atoms with E-state index >= 15 is 0 Å². The van der Waals surface area contributed by atoms with E-state index in [4.69, 9.17) is 4.74 Å². The molecule has 0 atom stereocenters. The standard InChI is InChI=1S/C28H29FN6O5S/c1-28(2,3)40-27(37)34-13-11-33(12-14-34)25(36)18-9-10-21-23(15-18)35(32-24(21)41(4,38)39)26-30-16-19(17-31-26)20-7-5-6-8-22(20)29/h5-10,15-17H,11-14H2,1-4H3. The number of rotatable bonds is 4. The minimum atomic E-state index is -3.74. The van der Waals surface area contributed by atoms with Crippen LogP contribution in [0, 0.1) is 5.82 Å². The van der Waals surface area contributed by atoms with Crippen molar-refractivity contribution < 1.29 is 27.1 Å². The van der Waals surface area contributed by atoms with E-state index in [1.165, 1.54) is 29.2 Å². The van der Waals surface area contributed by atoms with Gasteiger partial charge in [-0.2, -0.15) is 9.78 Å². The number of hydrogen-bond donors (Lipinski definition) is 0. The van der Waals surface area contributed by atoms with E-state index < -0.39 is 27.3 Å². The summed E-state index contributed by atoms with van der Waals surface area (Å²) in [5.41, 5.74) is 0.776. The Labute approximate surface area is 236 Å². The van der Waals surface area contributed by atoms with E-state index in [-0.39, 0.29) is 16.9 Å². The van der Waals surface area contributed by atoms with Crippen LogP contribution in [0.15, 0.2) is 59.9 Å². The monoisotopic (exact) mass is 580 g/mol. The number of hydrogen-bond acceptors (Lipinski definition) is 8. The number of halogens is 1. The molecular formula is C28H29FN6O5S. The molecule has 0 unspecified atom stereocenters. The summed E-state index contributed by atoms with van der Waals surface area (Å²) in [6.07, 6.45) is 3.47. The number of aromatic nitrogens is 4. The van der Waals surface area contributed by atoms with Crippen molar-refractivity contribution in [2.45, 2.75) is 31.4 Å². The molecule has 0 spiro atoms. The molecule has 1 aliphatic rings. The predicted molar refractivity (Wildman–Crippen MR) is 149 cm³/mol. The van der Waals surface area contributed by atoms with Crippen LogP contribution in [-0.2, 0) is 14.6 Å². The highest BCUT2D eigenvalue weighted by atomic mass is 32.2. The van der Waals surface area contributed by atoms with Gasteiger partial charge in [0, 0.05) is 66.9 Å². The fraction of sp³-hybridized carbons (Fsp3) is 0.321. The molecule has 5 rings (SSSR count). The molecule has 0 saturated carbocycles. The molecule has 214 valence electrons. The average molecular weight is 581 g/mol. The zero-order chi connectivity index (χ0) is 29.5. The number of fused-ring (bicyclic) bond motifs is 1. The summed E-state index contributed by atoms with van der Waals surface area (Å²) < 4.78 is 46.0. The molecule has 11 nitrogen and oxygen atoms in total. The number of sulfone groups is 1. The van der Waals surface area contributed by atoms with Crippen LogP contribution in [0.4, 0.5) is 9.18 Å². The SMILES string of the molecule is CC(C)(C)OC(=O)N1CCN(C(=O)c2ccc3c(S(C)(=O)=O)nn(-c4ncc(-c5ccccc5F)cn4)c3c2)CC1. The van der Waals surface area contributed by atoms with Gasteiger partial charge in [-0.25, -0.2) is 27.6 Å². The van der Waals surface area contributed by atoms with E-state index in [2.05, 4.69) is 15.1 Å². The van der Waals surface area contributed by atoms with Crippen LogP contribution < -0.4 is 0 Å². The Morgan fingerprint density at radius 3 is 2.20 bits per heavy atom. The Morgan fingerprint density at radius 2 is 1.59 bits per heavy atom. The second-order valence-electron chi connectivity index (χ2n) is 10.7. The van der Waals surface area contributed by atoms with Crippen molar-refractivity contribution in [3.63, 3.8) is 0 Å². The van der Waals surface area contributed by atoms with Gasteiger partial charge in [0.1, 0.15) is 11.4 Å². The van der Waals surface area contributed by atoms with Gasteiger partial charge in [0.25, 0.3) is 11.9 Å². The van der Waals surface area contributed by atoms with Crippen molar-refractivity contribution in [2.24, 2.45) is 0 Å². The zero-order valence-corrected chi connectivity index (χ0v) is 23.9. The molecular weight excluding hydrogens is 551 g/mol. The van der Waals surface area contributed by atoms with E-state index in [1.807, 2.05) is 0 Å². The summed E-state index contributed by atoms with van der Waals surface area (Å²) in [6, 6.07) is 10.8. The van der Waals surface area contributed by atoms with Gasteiger partial charge >= 0.3 is 6.09 Å². The largest absolute Gasteiger partial charge is 0.444 e. The van der Waals surface area contributed by atoms with Gasteiger partial charge in [0.15, 0.2) is 14.9 Å². The highest BCUT2D eigenvalue weighted by Gasteiger charge is 2.29. The minimum absolute atomic E-state index is 0.0561. The zero-order valence-electron chi connectivity index (χ0n) is 23.0. The second-order valence-corrected chi connectivity index (χ2v) is 12.7. The lowest BCUT2D eigenvalue weighted by Crippen LogP contribution is -2.51. The first kappa shape index (κ1) is 28.1. The lowest BCUT2D eigenvalue weighted by atomic mass is 10.1. The van der Waals surface area contributed by atoms with Crippen LogP contribution >= 0.6 is 0 Å². The number of carbonyl (C=O) groups is 2. The number of piperazine rings is 1. The third kappa shape index (κ3) is 5.89. The molecule has 2 amide bonds. The number of nitrogens with zero attached hydrogens (tertiary/aromatic N) is 6. The van der Waals surface area contributed by atoms with Gasteiger partial charge in [-0.05, 0) is 45.0 Å². The average Bonchev–Trinajstić information content (AvgIpc) is 3.32. The van der Waals surface area contributed by atoms with Crippen molar-refractivity contribution in [1.29, 1.82) is 0 Å². The Hall–Kier alpha value is -4.39. The van der Waals surface area contributed by atoms with Crippen LogP contribution in [0.2, 0.25) is 0 Å². The van der Waals surface area contributed by atoms with Crippen LogP contribution in [0.3, 0.4) is 0 Å². The molecule has 0 aliphatic carbocycles. The Kier molecular flexibility index (Phi) is 7.24. The van der Waals surface area contributed by atoms with Crippen molar-refractivity contribution in [1.82, 2.24) is 29.5 Å². The van der Waals surface area contributed by atoms with Gasteiger partial charge in [-0.1, -0.05) is 18.2 Å². The maximum atomic E-state index is 14.2. The molecule has 0 radical (unpaired) electrons. The molecule has 1 aliphatic heterocycles. The summed E-state index contributed by atoms with van der Waals surface area (Å²) >= 11 is 0. The van der Waals surface area contributed by atoms with Crippen LogP contribution in [-0.4, -0.2) is 88.0 Å². The summed E-state index contributed by atoms with van der Waals surface area (Å²) in [4.78, 5) is 37.6. The van der Waals surface area contributed by atoms with Gasteiger partial charge in [0.2, 0.25) is 0 Å².